The fourth-order valence-corrected chi connectivity index (χ4v) is 5.54. The van der Waals surface area contributed by atoms with Gasteiger partial charge in [0.25, 0.3) is 0 Å². The SMILES string of the molecule is Cc1cc(N2CCN(C)CC2)nc(N2CCN(S(=O)(=O)c3ccc(C)c(C)c3)CC2)n1. The molecular weight excluding hydrogens is 412 g/mol. The van der Waals surface area contributed by atoms with Crippen LogP contribution in [-0.4, -0.2) is 87.0 Å². The Labute approximate surface area is 185 Å². The number of aromatic nitrogens is 2. The molecule has 0 N–H and O–H groups in total. The van der Waals surface area contributed by atoms with E-state index in [0.717, 1.165) is 48.8 Å². The van der Waals surface area contributed by atoms with E-state index in [0.29, 0.717) is 37.0 Å². The van der Waals surface area contributed by atoms with Gasteiger partial charge in [0.05, 0.1) is 4.90 Å². The molecule has 2 saturated heterocycles. The van der Waals surface area contributed by atoms with Crippen LogP contribution in [-0.2, 0) is 10.0 Å². The van der Waals surface area contributed by atoms with Crippen molar-refractivity contribution in [2.75, 3.05) is 69.2 Å². The number of benzene rings is 1. The summed E-state index contributed by atoms with van der Waals surface area (Å²) in [5.41, 5.74) is 3.02. The summed E-state index contributed by atoms with van der Waals surface area (Å²) < 4.78 is 27.8. The van der Waals surface area contributed by atoms with Crippen LogP contribution < -0.4 is 9.80 Å². The Bertz CT molecular complexity index is 1040. The van der Waals surface area contributed by atoms with Gasteiger partial charge in [0.2, 0.25) is 16.0 Å². The predicted molar refractivity (Wildman–Crippen MR) is 123 cm³/mol. The number of piperazine rings is 2. The van der Waals surface area contributed by atoms with E-state index in [1.807, 2.05) is 32.9 Å². The number of nitrogens with zero attached hydrogens (tertiary/aromatic N) is 6. The molecule has 168 valence electrons. The maximum Gasteiger partial charge on any atom is 0.243 e. The Hall–Kier alpha value is -2.23. The van der Waals surface area contributed by atoms with Gasteiger partial charge in [-0.25, -0.2) is 13.4 Å². The lowest BCUT2D eigenvalue weighted by molar-refractivity contribution is 0.312. The minimum atomic E-state index is -3.49. The first-order valence-corrected chi connectivity index (χ1v) is 12.3. The second kappa shape index (κ2) is 8.72. The van der Waals surface area contributed by atoms with Gasteiger partial charge in [-0.2, -0.15) is 9.29 Å². The van der Waals surface area contributed by atoms with Crippen LogP contribution in [0.1, 0.15) is 16.8 Å². The molecule has 2 fully saturated rings. The van der Waals surface area contributed by atoms with E-state index < -0.39 is 10.0 Å². The van der Waals surface area contributed by atoms with Crippen LogP contribution in [0, 0.1) is 20.8 Å². The Kier molecular flexibility index (Phi) is 6.18. The molecule has 2 aromatic rings. The van der Waals surface area contributed by atoms with Gasteiger partial charge in [-0.1, -0.05) is 6.07 Å². The average Bonchev–Trinajstić information content (AvgIpc) is 2.75. The van der Waals surface area contributed by atoms with Crippen LogP contribution in [0.3, 0.4) is 0 Å². The van der Waals surface area contributed by atoms with Gasteiger partial charge in [0.1, 0.15) is 5.82 Å². The first-order valence-electron chi connectivity index (χ1n) is 10.9. The van der Waals surface area contributed by atoms with Gasteiger partial charge in [-0.3, -0.25) is 0 Å². The number of hydrogen-bond donors (Lipinski definition) is 0. The van der Waals surface area contributed by atoms with Crippen molar-refractivity contribution in [3.05, 3.63) is 41.1 Å². The molecule has 0 aliphatic carbocycles. The Morgan fingerprint density at radius 1 is 0.774 bits per heavy atom. The second-order valence-corrected chi connectivity index (χ2v) is 10.5. The Balaban J connectivity index is 1.46. The highest BCUT2D eigenvalue weighted by Gasteiger charge is 2.30. The van der Waals surface area contributed by atoms with E-state index in [1.165, 1.54) is 0 Å². The van der Waals surface area contributed by atoms with Crippen LogP contribution in [0.5, 0.6) is 0 Å². The maximum atomic E-state index is 13.1. The molecule has 0 radical (unpaired) electrons. The monoisotopic (exact) mass is 444 g/mol. The van der Waals surface area contributed by atoms with Gasteiger partial charge >= 0.3 is 0 Å². The number of rotatable bonds is 4. The summed E-state index contributed by atoms with van der Waals surface area (Å²) in [4.78, 5) is 16.6. The molecule has 4 rings (SSSR count). The lowest BCUT2D eigenvalue weighted by Gasteiger charge is -2.36. The normalized spacial score (nSPS) is 19.1. The van der Waals surface area contributed by atoms with E-state index in [-0.39, 0.29) is 0 Å². The van der Waals surface area contributed by atoms with Crippen molar-refractivity contribution in [1.29, 1.82) is 0 Å². The number of anilines is 2. The summed E-state index contributed by atoms with van der Waals surface area (Å²) in [5.74, 6) is 1.65. The highest BCUT2D eigenvalue weighted by atomic mass is 32.2. The molecule has 9 heteroatoms. The van der Waals surface area contributed by atoms with E-state index in [1.54, 1.807) is 16.4 Å². The van der Waals surface area contributed by atoms with Crippen molar-refractivity contribution < 1.29 is 8.42 Å². The lowest BCUT2D eigenvalue weighted by Crippen LogP contribution is -2.49. The maximum absolute atomic E-state index is 13.1. The Morgan fingerprint density at radius 2 is 1.42 bits per heavy atom. The summed E-state index contributed by atoms with van der Waals surface area (Å²) in [6.45, 7) is 11.9. The zero-order chi connectivity index (χ0) is 22.2. The fraction of sp³-hybridized carbons (Fsp3) is 0.545. The highest BCUT2D eigenvalue weighted by molar-refractivity contribution is 7.89. The third kappa shape index (κ3) is 4.68. The number of hydrogen-bond acceptors (Lipinski definition) is 7. The van der Waals surface area contributed by atoms with Crippen LogP contribution in [0.4, 0.5) is 11.8 Å². The highest BCUT2D eigenvalue weighted by Crippen LogP contribution is 2.23. The summed E-state index contributed by atoms with van der Waals surface area (Å²) >= 11 is 0. The van der Waals surface area contributed by atoms with Crippen LogP contribution >= 0.6 is 0 Å². The Morgan fingerprint density at radius 3 is 2.06 bits per heavy atom. The minimum absolute atomic E-state index is 0.369. The third-order valence-corrected chi connectivity index (χ3v) is 8.19. The molecule has 2 aliphatic rings. The molecule has 31 heavy (non-hydrogen) atoms. The zero-order valence-electron chi connectivity index (χ0n) is 18.9. The van der Waals surface area contributed by atoms with E-state index >= 15 is 0 Å². The third-order valence-electron chi connectivity index (χ3n) is 6.29. The molecule has 0 bridgehead atoms. The molecule has 0 unspecified atom stereocenters. The van der Waals surface area contributed by atoms with Crippen molar-refractivity contribution in [1.82, 2.24) is 19.2 Å². The van der Waals surface area contributed by atoms with Gasteiger partial charge in [-0.05, 0) is 51.1 Å². The molecule has 0 atom stereocenters. The molecule has 0 spiro atoms. The van der Waals surface area contributed by atoms with Gasteiger partial charge in [0, 0.05) is 64.1 Å². The predicted octanol–water partition coefficient (Wildman–Crippen LogP) is 1.66. The first-order chi connectivity index (χ1) is 14.7. The molecular formula is C22H32N6O2S. The quantitative estimate of drug-likeness (QED) is 0.710. The molecule has 3 heterocycles. The largest absolute Gasteiger partial charge is 0.354 e. The molecule has 0 amide bonds. The summed E-state index contributed by atoms with van der Waals surface area (Å²) in [7, 11) is -1.35. The van der Waals surface area contributed by atoms with E-state index in [2.05, 4.69) is 26.7 Å². The number of aryl methyl sites for hydroxylation is 3. The molecule has 1 aromatic heterocycles. The fourth-order valence-electron chi connectivity index (χ4n) is 4.03. The van der Waals surface area contributed by atoms with Crippen molar-refractivity contribution in [2.45, 2.75) is 25.7 Å². The summed E-state index contributed by atoms with van der Waals surface area (Å²) in [6, 6.07) is 7.38. The minimum Gasteiger partial charge on any atom is -0.354 e. The number of likely N-dealkylation sites (N-methyl/N-ethyl adjacent to an activating group) is 1. The van der Waals surface area contributed by atoms with Gasteiger partial charge < -0.3 is 14.7 Å². The summed E-state index contributed by atoms with van der Waals surface area (Å²) in [5, 5.41) is 0. The van der Waals surface area contributed by atoms with Crippen molar-refractivity contribution in [3.63, 3.8) is 0 Å². The standard InChI is InChI=1S/C22H32N6O2S/c1-17-5-6-20(15-18(17)2)31(29,30)28-13-11-27(12-14-28)22-23-19(3)16-21(24-22)26-9-7-25(4)8-10-26/h5-6,15-16H,7-14H2,1-4H3. The van der Waals surface area contributed by atoms with Crippen molar-refractivity contribution in [3.8, 4) is 0 Å². The van der Waals surface area contributed by atoms with E-state index in [9.17, 15) is 8.42 Å². The van der Waals surface area contributed by atoms with Crippen LogP contribution in [0.25, 0.3) is 0 Å². The second-order valence-electron chi connectivity index (χ2n) is 8.60. The van der Waals surface area contributed by atoms with Crippen LogP contribution in [0.15, 0.2) is 29.2 Å². The molecule has 1 aromatic carbocycles. The van der Waals surface area contributed by atoms with Gasteiger partial charge in [0.15, 0.2) is 0 Å². The van der Waals surface area contributed by atoms with E-state index in [4.69, 9.17) is 4.98 Å². The molecule has 2 aliphatic heterocycles. The lowest BCUT2D eigenvalue weighted by atomic mass is 10.1. The number of sulfonamides is 1. The first kappa shape index (κ1) is 22.0. The van der Waals surface area contributed by atoms with Gasteiger partial charge in [-0.15, -0.1) is 0 Å². The van der Waals surface area contributed by atoms with Crippen molar-refractivity contribution >= 4 is 21.8 Å². The average molecular weight is 445 g/mol. The molecule has 8 nitrogen and oxygen atoms in total. The van der Waals surface area contributed by atoms with Crippen LogP contribution in [0.2, 0.25) is 0 Å². The molecule has 0 saturated carbocycles. The summed E-state index contributed by atoms with van der Waals surface area (Å²) in [6.07, 6.45) is 0. The topological polar surface area (TPSA) is 72.9 Å². The zero-order valence-corrected chi connectivity index (χ0v) is 19.7. The van der Waals surface area contributed by atoms with Crippen molar-refractivity contribution in [2.24, 2.45) is 0 Å². The smallest absolute Gasteiger partial charge is 0.243 e.